The molecule has 0 amide bonds. The fourth-order valence-electron chi connectivity index (χ4n) is 1.35. The highest BCUT2D eigenvalue weighted by atomic mass is 79.9. The molecule has 0 heterocycles. The van der Waals surface area contributed by atoms with Crippen LogP contribution in [-0.2, 0) is 4.74 Å². The number of methoxy groups -OCH3 is 1. The third kappa shape index (κ3) is 4.02. The number of ether oxygens (including phenoxy) is 2. The molecule has 0 bridgehead atoms. The zero-order valence-electron chi connectivity index (χ0n) is 9.74. The van der Waals surface area contributed by atoms with Crippen molar-refractivity contribution >= 4 is 21.9 Å². The van der Waals surface area contributed by atoms with Crippen LogP contribution in [0.1, 0.15) is 23.2 Å². The molecule has 5 heteroatoms. The molecule has 0 atom stereocenters. The van der Waals surface area contributed by atoms with Crippen LogP contribution in [0, 0.1) is 0 Å². The molecule has 0 spiro atoms. The SMILES string of the molecule is COC(=O)c1cccc(Br)c1OCCCCN. The van der Waals surface area contributed by atoms with E-state index in [-0.39, 0.29) is 0 Å². The van der Waals surface area contributed by atoms with E-state index in [2.05, 4.69) is 15.9 Å². The number of benzene rings is 1. The Morgan fingerprint density at radius 2 is 2.18 bits per heavy atom. The number of nitrogens with two attached hydrogens (primary N) is 1. The maximum atomic E-state index is 11.5. The van der Waals surface area contributed by atoms with Crippen molar-refractivity contribution in [3.63, 3.8) is 0 Å². The van der Waals surface area contributed by atoms with Crippen LogP contribution in [0.3, 0.4) is 0 Å². The zero-order valence-corrected chi connectivity index (χ0v) is 11.3. The molecule has 0 radical (unpaired) electrons. The van der Waals surface area contributed by atoms with Gasteiger partial charge in [0.15, 0.2) is 0 Å². The molecule has 2 N–H and O–H groups in total. The molecule has 0 saturated heterocycles. The maximum absolute atomic E-state index is 11.5. The highest BCUT2D eigenvalue weighted by molar-refractivity contribution is 9.10. The van der Waals surface area contributed by atoms with E-state index in [9.17, 15) is 4.79 Å². The lowest BCUT2D eigenvalue weighted by atomic mass is 10.2. The lowest BCUT2D eigenvalue weighted by molar-refractivity contribution is 0.0595. The van der Waals surface area contributed by atoms with Crippen molar-refractivity contribution in [2.24, 2.45) is 5.73 Å². The Morgan fingerprint density at radius 1 is 1.41 bits per heavy atom. The summed E-state index contributed by atoms with van der Waals surface area (Å²) in [4.78, 5) is 11.5. The number of hydrogen-bond acceptors (Lipinski definition) is 4. The summed E-state index contributed by atoms with van der Waals surface area (Å²) in [5.41, 5.74) is 5.82. The highest BCUT2D eigenvalue weighted by Gasteiger charge is 2.15. The number of halogens is 1. The summed E-state index contributed by atoms with van der Waals surface area (Å²) < 4.78 is 11.0. The van der Waals surface area contributed by atoms with Crippen LogP contribution in [0.5, 0.6) is 5.75 Å². The van der Waals surface area contributed by atoms with E-state index in [1.54, 1.807) is 12.1 Å². The van der Waals surface area contributed by atoms with Gasteiger partial charge in [0.2, 0.25) is 0 Å². The number of carbonyl (C=O) groups is 1. The van der Waals surface area contributed by atoms with Gasteiger partial charge in [-0.1, -0.05) is 6.07 Å². The van der Waals surface area contributed by atoms with E-state index in [1.165, 1.54) is 7.11 Å². The van der Waals surface area contributed by atoms with Gasteiger partial charge in [-0.05, 0) is 47.4 Å². The molecule has 1 aromatic carbocycles. The van der Waals surface area contributed by atoms with Gasteiger partial charge < -0.3 is 15.2 Å². The normalized spacial score (nSPS) is 10.1. The molecule has 1 aromatic rings. The Hall–Kier alpha value is -1.07. The minimum Gasteiger partial charge on any atom is -0.491 e. The number of para-hydroxylation sites is 1. The summed E-state index contributed by atoms with van der Waals surface area (Å²) in [7, 11) is 1.35. The van der Waals surface area contributed by atoms with E-state index in [4.69, 9.17) is 15.2 Å². The number of hydrogen-bond donors (Lipinski definition) is 1. The Bertz CT molecular complexity index is 382. The minimum atomic E-state index is -0.403. The number of carbonyl (C=O) groups excluding carboxylic acids is 1. The summed E-state index contributed by atoms with van der Waals surface area (Å²) in [6, 6.07) is 5.27. The summed E-state index contributed by atoms with van der Waals surface area (Å²) >= 11 is 3.36. The topological polar surface area (TPSA) is 61.5 Å². The molecule has 0 aromatic heterocycles. The Kier molecular flexibility index (Phi) is 6.00. The monoisotopic (exact) mass is 301 g/mol. The molecule has 17 heavy (non-hydrogen) atoms. The van der Waals surface area contributed by atoms with Gasteiger partial charge in [0.1, 0.15) is 11.3 Å². The third-order valence-corrected chi connectivity index (χ3v) is 2.84. The van der Waals surface area contributed by atoms with Crippen molar-refractivity contribution in [3.8, 4) is 5.75 Å². The summed E-state index contributed by atoms with van der Waals surface area (Å²) in [5.74, 6) is 0.122. The molecular formula is C12H16BrNO3. The van der Waals surface area contributed by atoms with Crippen molar-refractivity contribution in [3.05, 3.63) is 28.2 Å². The third-order valence-electron chi connectivity index (χ3n) is 2.22. The van der Waals surface area contributed by atoms with E-state index in [0.29, 0.717) is 24.5 Å². The second kappa shape index (κ2) is 7.29. The van der Waals surface area contributed by atoms with Gasteiger partial charge in [-0.25, -0.2) is 4.79 Å². The molecule has 0 aliphatic rings. The van der Waals surface area contributed by atoms with Crippen LogP contribution in [0.15, 0.2) is 22.7 Å². The second-order valence-corrected chi connectivity index (χ2v) is 4.31. The molecule has 0 unspecified atom stereocenters. The van der Waals surface area contributed by atoms with Crippen molar-refractivity contribution < 1.29 is 14.3 Å². The van der Waals surface area contributed by atoms with E-state index in [0.717, 1.165) is 17.3 Å². The van der Waals surface area contributed by atoms with Crippen LogP contribution in [0.25, 0.3) is 0 Å². The summed E-state index contributed by atoms with van der Waals surface area (Å²) in [5, 5.41) is 0. The van der Waals surface area contributed by atoms with Crippen molar-refractivity contribution in [2.45, 2.75) is 12.8 Å². The average Bonchev–Trinajstić information content (AvgIpc) is 2.35. The van der Waals surface area contributed by atoms with Crippen LogP contribution < -0.4 is 10.5 Å². The Morgan fingerprint density at radius 3 is 2.82 bits per heavy atom. The number of esters is 1. The Balaban J connectivity index is 2.77. The van der Waals surface area contributed by atoms with Crippen molar-refractivity contribution in [1.29, 1.82) is 0 Å². The average molecular weight is 302 g/mol. The quantitative estimate of drug-likeness (QED) is 0.647. The summed E-state index contributed by atoms with van der Waals surface area (Å²) in [6.07, 6.45) is 1.76. The molecule has 94 valence electrons. The predicted octanol–water partition coefficient (Wildman–Crippen LogP) is 2.35. The van der Waals surface area contributed by atoms with Crippen LogP contribution >= 0.6 is 15.9 Å². The molecule has 4 nitrogen and oxygen atoms in total. The van der Waals surface area contributed by atoms with Crippen molar-refractivity contribution in [1.82, 2.24) is 0 Å². The van der Waals surface area contributed by atoms with Gasteiger partial charge in [-0.2, -0.15) is 0 Å². The first-order chi connectivity index (χ1) is 8.20. The number of rotatable bonds is 6. The zero-order chi connectivity index (χ0) is 12.7. The van der Waals surface area contributed by atoms with Gasteiger partial charge in [0, 0.05) is 0 Å². The lowest BCUT2D eigenvalue weighted by Crippen LogP contribution is -2.08. The van der Waals surface area contributed by atoms with E-state index >= 15 is 0 Å². The molecule has 0 aliphatic heterocycles. The first-order valence-electron chi connectivity index (χ1n) is 5.40. The van der Waals surface area contributed by atoms with Gasteiger partial charge in [0.05, 0.1) is 18.2 Å². The fraction of sp³-hybridized carbons (Fsp3) is 0.417. The van der Waals surface area contributed by atoms with Crippen LogP contribution in [0.2, 0.25) is 0 Å². The highest BCUT2D eigenvalue weighted by Crippen LogP contribution is 2.29. The van der Waals surface area contributed by atoms with Crippen LogP contribution in [-0.4, -0.2) is 26.2 Å². The largest absolute Gasteiger partial charge is 0.491 e. The van der Waals surface area contributed by atoms with Gasteiger partial charge in [-0.3, -0.25) is 0 Å². The molecular weight excluding hydrogens is 286 g/mol. The predicted molar refractivity (Wildman–Crippen MR) is 69.3 cm³/mol. The number of unbranched alkanes of at least 4 members (excludes halogenated alkanes) is 1. The minimum absolute atomic E-state index is 0.403. The van der Waals surface area contributed by atoms with Gasteiger partial charge in [0.25, 0.3) is 0 Å². The smallest absolute Gasteiger partial charge is 0.341 e. The first-order valence-corrected chi connectivity index (χ1v) is 6.19. The second-order valence-electron chi connectivity index (χ2n) is 3.45. The van der Waals surface area contributed by atoms with Gasteiger partial charge in [-0.15, -0.1) is 0 Å². The molecule has 0 fully saturated rings. The standard InChI is InChI=1S/C12H16BrNO3/c1-16-12(15)9-5-4-6-10(13)11(9)17-8-3-2-7-14/h4-6H,2-3,7-8,14H2,1H3. The maximum Gasteiger partial charge on any atom is 0.341 e. The van der Waals surface area contributed by atoms with Gasteiger partial charge >= 0.3 is 5.97 Å². The summed E-state index contributed by atoms with van der Waals surface area (Å²) in [6.45, 7) is 1.17. The first kappa shape index (κ1) is 14.0. The van der Waals surface area contributed by atoms with Crippen molar-refractivity contribution in [2.75, 3.05) is 20.3 Å². The lowest BCUT2D eigenvalue weighted by Gasteiger charge is -2.11. The van der Waals surface area contributed by atoms with E-state index < -0.39 is 5.97 Å². The molecule has 1 rings (SSSR count). The van der Waals surface area contributed by atoms with Crippen LogP contribution in [0.4, 0.5) is 0 Å². The Labute approximate surface area is 109 Å². The van der Waals surface area contributed by atoms with E-state index in [1.807, 2.05) is 6.07 Å². The molecule has 0 aliphatic carbocycles. The molecule has 0 saturated carbocycles. The fourth-order valence-corrected chi connectivity index (χ4v) is 1.83.